The van der Waals surface area contributed by atoms with Crippen LogP contribution in [0.15, 0.2) is 71.6 Å². The summed E-state index contributed by atoms with van der Waals surface area (Å²) >= 11 is 0. The third-order valence-corrected chi connectivity index (χ3v) is 8.29. The standard InChI is InChI=1S/C26H22N2O6S/c1-34-17-9-11-18(12-10-17)35(32,33)28-14-4-7-23(28)26(31)27-16-8-13-21-22(15-16)25(30)20-6-3-2-5-19(20)24(21)29/h2-3,5-6,8-13,15,23H,4,7,14H2,1H3,(H,27,31). The number of ketones is 2. The van der Waals surface area contributed by atoms with Crippen LogP contribution in [0.5, 0.6) is 5.75 Å². The number of hydrogen-bond acceptors (Lipinski definition) is 6. The lowest BCUT2D eigenvalue weighted by Gasteiger charge is -2.24. The first-order valence-corrected chi connectivity index (χ1v) is 12.5. The molecule has 178 valence electrons. The fourth-order valence-corrected chi connectivity index (χ4v) is 6.23. The molecule has 1 heterocycles. The summed E-state index contributed by atoms with van der Waals surface area (Å²) in [5.41, 5.74) is 1.48. The van der Waals surface area contributed by atoms with Gasteiger partial charge in [-0.3, -0.25) is 14.4 Å². The summed E-state index contributed by atoms with van der Waals surface area (Å²) in [7, 11) is -2.40. The predicted octanol–water partition coefficient (Wildman–Crippen LogP) is 3.26. The van der Waals surface area contributed by atoms with E-state index in [0.717, 1.165) is 0 Å². The Morgan fingerprint density at radius 1 is 0.914 bits per heavy atom. The lowest BCUT2D eigenvalue weighted by atomic mass is 9.84. The molecule has 2 aliphatic rings. The highest BCUT2D eigenvalue weighted by molar-refractivity contribution is 7.89. The van der Waals surface area contributed by atoms with E-state index in [0.29, 0.717) is 35.4 Å². The maximum atomic E-state index is 13.2. The molecule has 3 aromatic rings. The van der Waals surface area contributed by atoms with E-state index >= 15 is 0 Å². The molecule has 1 atom stereocenters. The van der Waals surface area contributed by atoms with Gasteiger partial charge in [-0.1, -0.05) is 24.3 Å². The Bertz CT molecular complexity index is 1460. The third kappa shape index (κ3) is 3.92. The molecule has 0 aromatic heterocycles. The molecule has 9 heteroatoms. The number of carbonyl (C=O) groups excluding carboxylic acids is 3. The minimum absolute atomic E-state index is 0.0783. The topological polar surface area (TPSA) is 110 Å². The van der Waals surface area contributed by atoms with Crippen LogP contribution in [0.25, 0.3) is 0 Å². The average Bonchev–Trinajstić information content (AvgIpc) is 3.39. The Kier molecular flexibility index (Phi) is 5.74. The van der Waals surface area contributed by atoms with Gasteiger partial charge in [0.15, 0.2) is 11.6 Å². The van der Waals surface area contributed by atoms with Crippen molar-refractivity contribution >= 4 is 33.2 Å². The molecule has 5 rings (SSSR count). The molecule has 0 bridgehead atoms. The van der Waals surface area contributed by atoms with Gasteiger partial charge in [-0.15, -0.1) is 0 Å². The van der Waals surface area contributed by atoms with Crippen molar-refractivity contribution in [2.45, 2.75) is 23.8 Å². The minimum atomic E-state index is -3.90. The fourth-order valence-electron chi connectivity index (χ4n) is 4.58. The van der Waals surface area contributed by atoms with Gasteiger partial charge in [0.25, 0.3) is 0 Å². The van der Waals surface area contributed by atoms with Crippen molar-refractivity contribution in [1.29, 1.82) is 0 Å². The Balaban J connectivity index is 1.39. The highest BCUT2D eigenvalue weighted by atomic mass is 32.2. The summed E-state index contributed by atoms with van der Waals surface area (Å²) in [6.45, 7) is 0.223. The number of fused-ring (bicyclic) bond motifs is 2. The summed E-state index contributed by atoms with van der Waals surface area (Å²) in [5, 5.41) is 2.74. The molecule has 8 nitrogen and oxygen atoms in total. The maximum Gasteiger partial charge on any atom is 0.243 e. The van der Waals surface area contributed by atoms with Crippen LogP contribution in [0.1, 0.15) is 44.7 Å². The van der Waals surface area contributed by atoms with Crippen molar-refractivity contribution in [1.82, 2.24) is 4.31 Å². The van der Waals surface area contributed by atoms with Crippen LogP contribution in [0, 0.1) is 0 Å². The highest BCUT2D eigenvalue weighted by Crippen LogP contribution is 2.31. The highest BCUT2D eigenvalue weighted by Gasteiger charge is 2.39. The molecule has 1 N–H and O–H groups in total. The number of anilines is 1. The van der Waals surface area contributed by atoms with E-state index < -0.39 is 22.0 Å². The molecule has 1 aliphatic carbocycles. The lowest BCUT2D eigenvalue weighted by Crippen LogP contribution is -2.43. The molecule has 35 heavy (non-hydrogen) atoms. The van der Waals surface area contributed by atoms with Crippen molar-refractivity contribution in [3.05, 3.63) is 89.0 Å². The Morgan fingerprint density at radius 3 is 2.20 bits per heavy atom. The first-order chi connectivity index (χ1) is 16.8. The van der Waals surface area contributed by atoms with Gasteiger partial charge in [-0.05, 0) is 55.3 Å². The summed E-state index contributed by atoms with van der Waals surface area (Å²) in [6, 6.07) is 16.3. The number of benzene rings is 3. The van der Waals surface area contributed by atoms with Crippen molar-refractivity contribution in [3.8, 4) is 5.75 Å². The molecule has 1 unspecified atom stereocenters. The molecule has 1 fully saturated rings. The Hall–Kier alpha value is -3.82. The van der Waals surface area contributed by atoms with Crippen molar-refractivity contribution in [3.63, 3.8) is 0 Å². The minimum Gasteiger partial charge on any atom is -0.497 e. The summed E-state index contributed by atoms with van der Waals surface area (Å²) < 4.78 is 32.7. The third-order valence-electron chi connectivity index (χ3n) is 6.37. The van der Waals surface area contributed by atoms with Gasteiger partial charge in [0.1, 0.15) is 11.8 Å². The first-order valence-electron chi connectivity index (χ1n) is 11.1. The summed E-state index contributed by atoms with van der Waals surface area (Å²) in [4.78, 5) is 39.0. The zero-order chi connectivity index (χ0) is 24.7. The number of nitrogens with one attached hydrogen (secondary N) is 1. The largest absolute Gasteiger partial charge is 0.497 e. The maximum absolute atomic E-state index is 13.2. The number of ether oxygens (including phenoxy) is 1. The van der Waals surface area contributed by atoms with E-state index in [9.17, 15) is 22.8 Å². The molecule has 1 aliphatic heterocycles. The number of methoxy groups -OCH3 is 1. The van der Waals surface area contributed by atoms with Gasteiger partial charge in [-0.2, -0.15) is 4.31 Å². The van der Waals surface area contributed by atoms with Crippen LogP contribution in [0.3, 0.4) is 0 Å². The van der Waals surface area contributed by atoms with E-state index in [1.165, 1.54) is 35.7 Å². The van der Waals surface area contributed by atoms with E-state index in [2.05, 4.69) is 5.32 Å². The number of rotatable bonds is 5. The zero-order valence-electron chi connectivity index (χ0n) is 18.9. The number of amides is 1. The normalized spacial score (nSPS) is 17.6. The average molecular weight is 491 g/mol. The Labute approximate surface area is 202 Å². The second-order valence-corrected chi connectivity index (χ2v) is 10.3. The van der Waals surface area contributed by atoms with E-state index in [1.807, 2.05) is 0 Å². The van der Waals surface area contributed by atoms with Crippen molar-refractivity contribution in [2.24, 2.45) is 0 Å². The second kappa shape index (κ2) is 8.75. The predicted molar refractivity (Wildman–Crippen MR) is 128 cm³/mol. The van der Waals surface area contributed by atoms with E-state index in [-0.39, 0.29) is 34.1 Å². The number of carbonyl (C=O) groups is 3. The van der Waals surface area contributed by atoms with Crippen LogP contribution in [0.2, 0.25) is 0 Å². The molecule has 1 amide bonds. The van der Waals surface area contributed by atoms with Gasteiger partial charge >= 0.3 is 0 Å². The van der Waals surface area contributed by atoms with Gasteiger partial charge < -0.3 is 10.1 Å². The van der Waals surface area contributed by atoms with Crippen LogP contribution < -0.4 is 10.1 Å². The molecular weight excluding hydrogens is 468 g/mol. The zero-order valence-corrected chi connectivity index (χ0v) is 19.7. The number of sulfonamides is 1. The number of hydrogen-bond donors (Lipinski definition) is 1. The van der Waals surface area contributed by atoms with Crippen LogP contribution in [-0.2, 0) is 14.8 Å². The quantitative estimate of drug-likeness (QED) is 0.460. The van der Waals surface area contributed by atoms with Crippen LogP contribution in [-0.4, -0.2) is 49.9 Å². The van der Waals surface area contributed by atoms with Crippen LogP contribution in [0.4, 0.5) is 5.69 Å². The molecular formula is C26H22N2O6S. The summed E-state index contributed by atoms with van der Waals surface area (Å²) in [5.74, 6) is -0.506. The van der Waals surface area contributed by atoms with E-state index in [1.54, 1.807) is 42.5 Å². The van der Waals surface area contributed by atoms with Gasteiger partial charge in [-0.25, -0.2) is 8.42 Å². The SMILES string of the molecule is COc1ccc(S(=O)(=O)N2CCCC2C(=O)Nc2ccc3c(c2)C(=O)c2ccccc2C3=O)cc1. The molecule has 0 saturated carbocycles. The van der Waals surface area contributed by atoms with Gasteiger partial charge in [0.05, 0.1) is 12.0 Å². The van der Waals surface area contributed by atoms with Crippen molar-refractivity contribution in [2.75, 3.05) is 19.0 Å². The lowest BCUT2D eigenvalue weighted by molar-refractivity contribution is -0.119. The summed E-state index contributed by atoms with van der Waals surface area (Å²) in [6.07, 6.45) is 0.915. The van der Waals surface area contributed by atoms with Crippen LogP contribution >= 0.6 is 0 Å². The van der Waals surface area contributed by atoms with Crippen molar-refractivity contribution < 1.29 is 27.5 Å². The first kappa shape index (κ1) is 22.9. The second-order valence-electron chi connectivity index (χ2n) is 8.40. The molecule has 3 aromatic carbocycles. The molecule has 1 saturated heterocycles. The van der Waals surface area contributed by atoms with Gasteiger partial charge in [0, 0.05) is 34.5 Å². The Morgan fingerprint density at radius 2 is 1.54 bits per heavy atom. The fraction of sp³-hybridized carbons (Fsp3) is 0.192. The monoisotopic (exact) mass is 490 g/mol. The molecule has 0 radical (unpaired) electrons. The van der Waals surface area contributed by atoms with E-state index in [4.69, 9.17) is 4.74 Å². The number of nitrogens with zero attached hydrogens (tertiary/aromatic N) is 1. The smallest absolute Gasteiger partial charge is 0.243 e. The van der Waals surface area contributed by atoms with Gasteiger partial charge in [0.2, 0.25) is 15.9 Å². The molecule has 0 spiro atoms.